The molecule has 0 heterocycles. The predicted octanol–water partition coefficient (Wildman–Crippen LogP) is -0.158. The zero-order chi connectivity index (χ0) is 24.3. The van der Waals surface area contributed by atoms with Gasteiger partial charge < -0.3 is 31.9 Å². The van der Waals surface area contributed by atoms with Crippen molar-refractivity contribution in [2.24, 2.45) is 11.7 Å². The van der Waals surface area contributed by atoms with E-state index in [-0.39, 0.29) is 18.1 Å². The fourth-order valence-corrected chi connectivity index (χ4v) is 3.18. The highest BCUT2D eigenvalue weighted by molar-refractivity contribution is 7.98. The van der Waals surface area contributed by atoms with Gasteiger partial charge >= 0.3 is 5.97 Å². The van der Waals surface area contributed by atoms with E-state index in [2.05, 4.69) is 16.0 Å². The van der Waals surface area contributed by atoms with Crippen LogP contribution < -0.4 is 21.7 Å². The Labute approximate surface area is 191 Å². The molecule has 0 bridgehead atoms. The van der Waals surface area contributed by atoms with E-state index in [1.165, 1.54) is 23.9 Å². The molecule has 0 saturated heterocycles. The number of phenols is 1. The largest absolute Gasteiger partial charge is 0.508 e. The number of nitrogens with one attached hydrogen (secondary N) is 3. The molecular weight excluding hydrogens is 436 g/mol. The van der Waals surface area contributed by atoms with Crippen LogP contribution in [0.25, 0.3) is 0 Å². The maximum atomic E-state index is 13.0. The molecule has 0 aromatic heterocycles. The maximum absolute atomic E-state index is 13.0. The minimum Gasteiger partial charge on any atom is -0.508 e. The van der Waals surface area contributed by atoms with Crippen LogP contribution in [0.2, 0.25) is 0 Å². The lowest BCUT2D eigenvalue weighted by Gasteiger charge is -2.25. The van der Waals surface area contributed by atoms with Crippen molar-refractivity contribution in [1.82, 2.24) is 16.0 Å². The van der Waals surface area contributed by atoms with Gasteiger partial charge in [0.1, 0.15) is 24.4 Å². The number of carbonyl (C=O) groups is 4. The quantitative estimate of drug-likeness (QED) is 0.232. The molecule has 32 heavy (non-hydrogen) atoms. The van der Waals surface area contributed by atoms with Gasteiger partial charge in [0.2, 0.25) is 17.7 Å². The second-order valence-corrected chi connectivity index (χ2v) is 8.64. The summed E-state index contributed by atoms with van der Waals surface area (Å²) in [5.41, 5.74) is 6.52. The number of carbonyl (C=O) groups excluding carboxylic acids is 3. The van der Waals surface area contributed by atoms with E-state index in [4.69, 9.17) is 10.8 Å². The maximum Gasteiger partial charge on any atom is 0.322 e. The normalized spacial score (nSPS) is 13.7. The number of amides is 3. The Kier molecular flexibility index (Phi) is 11.6. The summed E-state index contributed by atoms with van der Waals surface area (Å²) in [6.45, 7) is 2.99. The number of carboxylic acid groups (broad SMARTS) is 1. The molecule has 3 unspecified atom stereocenters. The van der Waals surface area contributed by atoms with Gasteiger partial charge in [0.25, 0.3) is 0 Å². The first-order chi connectivity index (χ1) is 15.0. The van der Waals surface area contributed by atoms with Crippen molar-refractivity contribution in [2.45, 2.75) is 44.8 Å². The zero-order valence-corrected chi connectivity index (χ0v) is 19.3. The third-order valence-corrected chi connectivity index (χ3v) is 5.33. The number of benzene rings is 1. The van der Waals surface area contributed by atoms with E-state index in [1.54, 1.807) is 26.0 Å². The Balaban J connectivity index is 3.00. The molecule has 10 nitrogen and oxygen atoms in total. The van der Waals surface area contributed by atoms with Crippen molar-refractivity contribution in [2.75, 3.05) is 18.6 Å². The lowest BCUT2D eigenvalue weighted by Crippen LogP contribution is -2.57. The van der Waals surface area contributed by atoms with Crippen LogP contribution in [0.15, 0.2) is 24.3 Å². The number of aliphatic carboxylic acids is 1. The van der Waals surface area contributed by atoms with Crippen LogP contribution in [0.4, 0.5) is 0 Å². The SMILES string of the molecule is CSCCC(NC(=O)C(N)C(C)C)C(=O)NC(Cc1ccc(O)cc1)C(=O)NCC(=O)O. The van der Waals surface area contributed by atoms with Gasteiger partial charge in [-0.15, -0.1) is 0 Å². The molecule has 3 amide bonds. The smallest absolute Gasteiger partial charge is 0.322 e. The average Bonchev–Trinajstić information content (AvgIpc) is 2.74. The zero-order valence-electron chi connectivity index (χ0n) is 18.5. The first kappa shape index (κ1) is 27.2. The summed E-state index contributed by atoms with van der Waals surface area (Å²) in [7, 11) is 0. The van der Waals surface area contributed by atoms with Gasteiger partial charge in [-0.25, -0.2) is 0 Å². The fraction of sp³-hybridized carbons (Fsp3) is 0.524. The lowest BCUT2D eigenvalue weighted by molar-refractivity contribution is -0.138. The van der Waals surface area contributed by atoms with Crippen LogP contribution in [0.5, 0.6) is 5.75 Å². The summed E-state index contributed by atoms with van der Waals surface area (Å²) >= 11 is 1.50. The van der Waals surface area contributed by atoms with Crippen LogP contribution in [-0.2, 0) is 25.6 Å². The van der Waals surface area contributed by atoms with Crippen molar-refractivity contribution < 1.29 is 29.4 Å². The minimum absolute atomic E-state index is 0.0472. The molecule has 1 aromatic carbocycles. The molecule has 0 spiro atoms. The second kappa shape index (κ2) is 13.6. The van der Waals surface area contributed by atoms with Gasteiger partial charge in [-0.3, -0.25) is 19.2 Å². The number of hydrogen-bond acceptors (Lipinski definition) is 7. The molecule has 178 valence electrons. The van der Waals surface area contributed by atoms with Crippen molar-refractivity contribution in [3.63, 3.8) is 0 Å². The Morgan fingerprint density at radius 3 is 2.12 bits per heavy atom. The van der Waals surface area contributed by atoms with Crippen molar-refractivity contribution >= 4 is 35.5 Å². The van der Waals surface area contributed by atoms with E-state index in [9.17, 15) is 24.3 Å². The molecule has 11 heteroatoms. The molecule has 3 atom stereocenters. The lowest BCUT2D eigenvalue weighted by atomic mass is 10.0. The fourth-order valence-electron chi connectivity index (χ4n) is 2.71. The number of nitrogens with two attached hydrogens (primary N) is 1. The van der Waals surface area contributed by atoms with Crippen LogP contribution in [-0.4, -0.2) is 70.6 Å². The highest BCUT2D eigenvalue weighted by Crippen LogP contribution is 2.12. The molecular formula is C21H32N4O6S. The second-order valence-electron chi connectivity index (χ2n) is 7.66. The van der Waals surface area contributed by atoms with Crippen molar-refractivity contribution in [3.05, 3.63) is 29.8 Å². The first-order valence-electron chi connectivity index (χ1n) is 10.2. The Morgan fingerprint density at radius 1 is 1.00 bits per heavy atom. The summed E-state index contributed by atoms with van der Waals surface area (Å²) in [6, 6.07) is 3.29. The molecule has 0 saturated carbocycles. The van der Waals surface area contributed by atoms with Gasteiger partial charge in [-0.2, -0.15) is 11.8 Å². The number of aromatic hydroxyl groups is 1. The number of carboxylic acids is 1. The van der Waals surface area contributed by atoms with E-state index >= 15 is 0 Å². The molecule has 0 radical (unpaired) electrons. The standard InChI is InChI=1S/C21H32N4O6S/c1-12(2)18(22)21(31)24-15(8-9-32-3)20(30)25-16(19(29)23-11-17(27)28)10-13-4-6-14(26)7-5-13/h4-7,12,15-16,18,26H,8-11,22H2,1-3H3,(H,23,29)(H,24,31)(H,25,30)(H,27,28). The van der Waals surface area contributed by atoms with Gasteiger partial charge in [0, 0.05) is 6.42 Å². The van der Waals surface area contributed by atoms with Gasteiger partial charge in [-0.1, -0.05) is 26.0 Å². The van der Waals surface area contributed by atoms with Crippen molar-refractivity contribution in [1.29, 1.82) is 0 Å². The van der Waals surface area contributed by atoms with Crippen LogP contribution in [0.3, 0.4) is 0 Å². The van der Waals surface area contributed by atoms with E-state index in [0.29, 0.717) is 17.7 Å². The topological polar surface area (TPSA) is 171 Å². The summed E-state index contributed by atoms with van der Waals surface area (Å²) in [4.78, 5) is 48.7. The monoisotopic (exact) mass is 468 g/mol. The van der Waals surface area contributed by atoms with Crippen molar-refractivity contribution in [3.8, 4) is 5.75 Å². The van der Waals surface area contributed by atoms with E-state index in [1.807, 2.05) is 6.26 Å². The molecule has 0 aliphatic rings. The summed E-state index contributed by atoms with van der Waals surface area (Å²) in [5.74, 6) is -2.43. The van der Waals surface area contributed by atoms with Gasteiger partial charge in [0.15, 0.2) is 0 Å². The third-order valence-electron chi connectivity index (χ3n) is 4.69. The first-order valence-corrected chi connectivity index (χ1v) is 11.6. The van der Waals surface area contributed by atoms with Crippen LogP contribution in [0, 0.1) is 5.92 Å². The summed E-state index contributed by atoms with van der Waals surface area (Å²) in [6.07, 6.45) is 2.25. The molecule has 7 N–H and O–H groups in total. The Hall–Kier alpha value is -2.79. The van der Waals surface area contributed by atoms with Crippen LogP contribution in [0.1, 0.15) is 25.8 Å². The predicted molar refractivity (Wildman–Crippen MR) is 122 cm³/mol. The number of thioether (sulfide) groups is 1. The van der Waals surface area contributed by atoms with E-state index < -0.39 is 48.4 Å². The van der Waals surface area contributed by atoms with Gasteiger partial charge in [0.05, 0.1) is 6.04 Å². The molecule has 0 fully saturated rings. The number of phenolic OH excluding ortho intramolecular Hbond substituents is 1. The molecule has 0 aliphatic heterocycles. The highest BCUT2D eigenvalue weighted by atomic mass is 32.2. The molecule has 1 aromatic rings. The Morgan fingerprint density at radius 2 is 1.59 bits per heavy atom. The minimum atomic E-state index is -1.22. The highest BCUT2D eigenvalue weighted by Gasteiger charge is 2.29. The van der Waals surface area contributed by atoms with E-state index in [0.717, 1.165) is 0 Å². The molecule has 1 rings (SSSR count). The number of hydrogen-bond donors (Lipinski definition) is 6. The third kappa shape index (κ3) is 9.56. The van der Waals surface area contributed by atoms with Crippen LogP contribution >= 0.6 is 11.8 Å². The number of rotatable bonds is 13. The average molecular weight is 469 g/mol. The molecule has 0 aliphatic carbocycles. The summed E-state index contributed by atoms with van der Waals surface area (Å²) in [5, 5.41) is 25.8. The van der Waals surface area contributed by atoms with Gasteiger partial charge in [-0.05, 0) is 42.0 Å². The Bertz CT molecular complexity index is 787. The summed E-state index contributed by atoms with van der Waals surface area (Å²) < 4.78 is 0.